The summed E-state index contributed by atoms with van der Waals surface area (Å²) in [6.07, 6.45) is 1.20. The quantitative estimate of drug-likeness (QED) is 0.909. The lowest BCUT2D eigenvalue weighted by Crippen LogP contribution is -2.29. The summed E-state index contributed by atoms with van der Waals surface area (Å²) in [7, 11) is 0. The second-order valence-corrected chi connectivity index (χ2v) is 6.19. The minimum atomic E-state index is -0.930. The van der Waals surface area contributed by atoms with Gasteiger partial charge in [0.2, 0.25) is 0 Å². The highest BCUT2D eigenvalue weighted by atomic mass is 19.2. The molecule has 6 heteroatoms. The largest absolute Gasteiger partial charge is 0.387 e. The van der Waals surface area contributed by atoms with Gasteiger partial charge in [-0.2, -0.15) is 5.10 Å². The van der Waals surface area contributed by atoms with Gasteiger partial charge in [0, 0.05) is 23.8 Å². The number of halogens is 2. The number of aromatic amines is 1. The number of aromatic nitrogens is 2. The Morgan fingerprint density at radius 3 is 2.78 bits per heavy atom. The average Bonchev–Trinajstić information content (AvgIpc) is 3.08. The van der Waals surface area contributed by atoms with Gasteiger partial charge in [0.15, 0.2) is 11.6 Å². The lowest BCUT2D eigenvalue weighted by atomic mass is 10.0. The lowest BCUT2D eigenvalue weighted by Gasteiger charge is -2.27. The fourth-order valence-electron chi connectivity index (χ4n) is 3.47. The molecule has 2 heterocycles. The van der Waals surface area contributed by atoms with Gasteiger partial charge < -0.3 is 5.11 Å². The highest BCUT2D eigenvalue weighted by molar-refractivity contribution is 5.28. The number of β-amino-alcohol motifs (C(OH)–C–C–N with tert-alkyl or cyclic N) is 1. The van der Waals surface area contributed by atoms with Gasteiger partial charge in [-0.1, -0.05) is 6.07 Å². The lowest BCUT2D eigenvalue weighted by molar-refractivity contribution is 0.105. The predicted octanol–water partition coefficient (Wildman–Crippen LogP) is 3.18. The number of H-pyrrole nitrogens is 1. The number of rotatable bonds is 4. The Hall–Kier alpha value is -1.79. The first-order chi connectivity index (χ1) is 11.0. The van der Waals surface area contributed by atoms with Crippen molar-refractivity contribution in [3.63, 3.8) is 0 Å². The number of aliphatic hydroxyl groups is 1. The molecule has 2 N–H and O–H groups in total. The van der Waals surface area contributed by atoms with E-state index in [1.54, 1.807) is 0 Å². The molecule has 2 unspecified atom stereocenters. The molecule has 0 radical (unpaired) electrons. The standard InChI is InChI=1S/C17H21F2N3O/c1-10-17(11(2)21-20-10)15-4-3-7-22(15)9-16(23)12-5-6-13(18)14(19)8-12/h5-6,8,15-16,23H,3-4,7,9H2,1-2H3,(H,20,21). The van der Waals surface area contributed by atoms with Crippen LogP contribution in [0.4, 0.5) is 8.78 Å². The number of benzene rings is 1. The van der Waals surface area contributed by atoms with E-state index in [9.17, 15) is 13.9 Å². The van der Waals surface area contributed by atoms with Crippen molar-refractivity contribution < 1.29 is 13.9 Å². The molecule has 0 spiro atoms. The van der Waals surface area contributed by atoms with E-state index < -0.39 is 17.7 Å². The molecule has 3 rings (SSSR count). The maximum Gasteiger partial charge on any atom is 0.159 e. The Bertz CT molecular complexity index is 682. The van der Waals surface area contributed by atoms with Crippen LogP contribution in [-0.4, -0.2) is 33.3 Å². The van der Waals surface area contributed by atoms with Crippen molar-refractivity contribution >= 4 is 0 Å². The minimum absolute atomic E-state index is 0.202. The second kappa shape index (κ2) is 6.37. The van der Waals surface area contributed by atoms with E-state index in [0.29, 0.717) is 12.1 Å². The zero-order chi connectivity index (χ0) is 16.6. The molecule has 1 aliphatic rings. The Morgan fingerprint density at radius 1 is 1.35 bits per heavy atom. The molecule has 1 aromatic carbocycles. The number of hydrogen-bond acceptors (Lipinski definition) is 3. The molecular formula is C17H21F2N3O. The summed E-state index contributed by atoms with van der Waals surface area (Å²) in [4.78, 5) is 2.19. The molecule has 23 heavy (non-hydrogen) atoms. The Morgan fingerprint density at radius 2 is 2.13 bits per heavy atom. The molecule has 2 atom stereocenters. The monoisotopic (exact) mass is 321 g/mol. The van der Waals surface area contributed by atoms with Crippen LogP contribution in [0.2, 0.25) is 0 Å². The molecule has 0 bridgehead atoms. The van der Waals surface area contributed by atoms with Crippen LogP contribution in [0.3, 0.4) is 0 Å². The van der Waals surface area contributed by atoms with Crippen LogP contribution in [0.25, 0.3) is 0 Å². The number of nitrogens with zero attached hydrogens (tertiary/aromatic N) is 2. The molecule has 1 fully saturated rings. The van der Waals surface area contributed by atoms with Crippen LogP contribution in [0, 0.1) is 25.5 Å². The Kier molecular flexibility index (Phi) is 4.46. The average molecular weight is 321 g/mol. The predicted molar refractivity (Wildman–Crippen MR) is 82.9 cm³/mol. The van der Waals surface area contributed by atoms with Gasteiger partial charge in [0.1, 0.15) is 0 Å². The number of hydrogen-bond donors (Lipinski definition) is 2. The number of aliphatic hydroxyl groups excluding tert-OH is 1. The van der Waals surface area contributed by atoms with Gasteiger partial charge in [0.05, 0.1) is 11.8 Å². The fraction of sp³-hybridized carbons (Fsp3) is 0.471. The molecule has 124 valence electrons. The number of aryl methyl sites for hydroxylation is 2. The molecule has 2 aromatic rings. The zero-order valence-electron chi connectivity index (χ0n) is 13.3. The molecule has 1 aliphatic heterocycles. The second-order valence-electron chi connectivity index (χ2n) is 6.19. The first-order valence-electron chi connectivity index (χ1n) is 7.86. The van der Waals surface area contributed by atoms with Gasteiger partial charge in [-0.25, -0.2) is 8.78 Å². The van der Waals surface area contributed by atoms with Crippen LogP contribution in [0.1, 0.15) is 47.5 Å². The third-order valence-corrected chi connectivity index (χ3v) is 4.62. The maximum absolute atomic E-state index is 13.3. The molecule has 0 saturated carbocycles. The number of likely N-dealkylation sites (tertiary alicyclic amines) is 1. The van der Waals surface area contributed by atoms with E-state index in [0.717, 1.165) is 42.9 Å². The van der Waals surface area contributed by atoms with Crippen molar-refractivity contribution in [2.75, 3.05) is 13.1 Å². The van der Waals surface area contributed by atoms with Crippen LogP contribution < -0.4 is 0 Å². The molecule has 1 saturated heterocycles. The Labute approximate surface area is 134 Å². The third-order valence-electron chi connectivity index (χ3n) is 4.62. The topological polar surface area (TPSA) is 52.2 Å². The summed E-state index contributed by atoms with van der Waals surface area (Å²) in [5.41, 5.74) is 3.60. The van der Waals surface area contributed by atoms with Crippen LogP contribution in [0.15, 0.2) is 18.2 Å². The summed E-state index contributed by atoms with van der Waals surface area (Å²) >= 11 is 0. The van der Waals surface area contributed by atoms with E-state index in [1.807, 2.05) is 13.8 Å². The van der Waals surface area contributed by atoms with E-state index in [2.05, 4.69) is 15.1 Å². The summed E-state index contributed by atoms with van der Waals surface area (Å²) in [6, 6.07) is 3.76. The van der Waals surface area contributed by atoms with E-state index in [1.165, 1.54) is 11.6 Å². The first kappa shape index (κ1) is 16.1. The highest BCUT2D eigenvalue weighted by Crippen LogP contribution is 2.36. The number of nitrogens with one attached hydrogen (secondary N) is 1. The van der Waals surface area contributed by atoms with Crippen molar-refractivity contribution in [1.29, 1.82) is 0 Å². The van der Waals surface area contributed by atoms with E-state index in [4.69, 9.17) is 0 Å². The zero-order valence-corrected chi connectivity index (χ0v) is 13.3. The Balaban J connectivity index is 1.77. The summed E-state index contributed by atoms with van der Waals surface area (Å²) < 4.78 is 26.4. The summed E-state index contributed by atoms with van der Waals surface area (Å²) in [6.45, 7) is 5.23. The molecule has 4 nitrogen and oxygen atoms in total. The van der Waals surface area contributed by atoms with Crippen molar-refractivity contribution in [3.05, 3.63) is 52.3 Å². The van der Waals surface area contributed by atoms with Crippen LogP contribution in [0.5, 0.6) is 0 Å². The van der Waals surface area contributed by atoms with Gasteiger partial charge in [0.25, 0.3) is 0 Å². The third kappa shape index (κ3) is 3.14. The molecule has 1 aromatic heterocycles. The molecule has 0 aliphatic carbocycles. The van der Waals surface area contributed by atoms with Gasteiger partial charge >= 0.3 is 0 Å². The normalized spacial score (nSPS) is 20.1. The van der Waals surface area contributed by atoms with E-state index in [-0.39, 0.29) is 6.04 Å². The molecule has 0 amide bonds. The minimum Gasteiger partial charge on any atom is -0.387 e. The van der Waals surface area contributed by atoms with Gasteiger partial charge in [-0.15, -0.1) is 0 Å². The van der Waals surface area contributed by atoms with Crippen molar-refractivity contribution in [2.24, 2.45) is 0 Å². The maximum atomic E-state index is 13.3. The van der Waals surface area contributed by atoms with Gasteiger partial charge in [-0.3, -0.25) is 10.00 Å². The van der Waals surface area contributed by atoms with Crippen molar-refractivity contribution in [3.8, 4) is 0 Å². The SMILES string of the molecule is Cc1n[nH]c(C)c1C1CCCN1CC(O)c1ccc(F)c(F)c1. The van der Waals surface area contributed by atoms with Crippen molar-refractivity contribution in [2.45, 2.75) is 38.8 Å². The molecular weight excluding hydrogens is 300 g/mol. The summed E-state index contributed by atoms with van der Waals surface area (Å²) in [5.74, 6) is -1.83. The van der Waals surface area contributed by atoms with Gasteiger partial charge in [-0.05, 0) is 50.9 Å². The van der Waals surface area contributed by atoms with Crippen LogP contribution in [-0.2, 0) is 0 Å². The van der Waals surface area contributed by atoms with E-state index >= 15 is 0 Å². The fourth-order valence-corrected chi connectivity index (χ4v) is 3.47. The first-order valence-corrected chi connectivity index (χ1v) is 7.86. The smallest absolute Gasteiger partial charge is 0.159 e. The highest BCUT2D eigenvalue weighted by Gasteiger charge is 2.31. The van der Waals surface area contributed by atoms with Crippen LogP contribution >= 0.6 is 0 Å². The van der Waals surface area contributed by atoms with Crippen molar-refractivity contribution in [1.82, 2.24) is 15.1 Å². The summed E-state index contributed by atoms with van der Waals surface area (Å²) in [5, 5.41) is 17.6.